The van der Waals surface area contributed by atoms with Gasteiger partial charge in [0, 0.05) is 5.56 Å². The van der Waals surface area contributed by atoms with Gasteiger partial charge < -0.3 is 4.74 Å². The lowest BCUT2D eigenvalue weighted by molar-refractivity contribution is 0.191. The van der Waals surface area contributed by atoms with E-state index in [0.717, 1.165) is 18.4 Å². The summed E-state index contributed by atoms with van der Waals surface area (Å²) in [5.74, 6) is 2.49. The first-order chi connectivity index (χ1) is 8.58. The van der Waals surface area contributed by atoms with Crippen LogP contribution in [0.15, 0.2) is 12.2 Å². The zero-order valence-electron chi connectivity index (χ0n) is 11.1. The Balaban J connectivity index is 2.04. The minimum Gasteiger partial charge on any atom is -0.477 e. The predicted molar refractivity (Wildman–Crippen MR) is 73.0 cm³/mol. The highest BCUT2D eigenvalue weighted by atomic mass is 35.5. The summed E-state index contributed by atoms with van der Waals surface area (Å²) in [6.07, 6.45) is 6.70. The zero-order chi connectivity index (χ0) is 13.1. The van der Waals surface area contributed by atoms with Crippen LogP contribution in [0.1, 0.15) is 31.2 Å². The maximum Gasteiger partial charge on any atom is 0.221 e. The van der Waals surface area contributed by atoms with E-state index in [9.17, 15) is 0 Å². The van der Waals surface area contributed by atoms with E-state index in [1.807, 2.05) is 13.8 Å². The molecule has 98 valence electrons. The lowest BCUT2D eigenvalue weighted by Crippen LogP contribution is -2.21. The summed E-state index contributed by atoms with van der Waals surface area (Å²) in [7, 11) is 0. The Morgan fingerprint density at radius 1 is 1.28 bits per heavy atom. The third-order valence-corrected chi connectivity index (χ3v) is 3.87. The smallest absolute Gasteiger partial charge is 0.221 e. The second-order valence-corrected chi connectivity index (χ2v) is 5.34. The topological polar surface area (TPSA) is 35.0 Å². The molecule has 1 aromatic rings. The maximum absolute atomic E-state index is 6.03. The Hall–Kier alpha value is -1.09. The molecule has 1 heterocycles. The number of nitrogens with zero attached hydrogens (tertiary/aromatic N) is 2. The van der Waals surface area contributed by atoms with E-state index in [4.69, 9.17) is 16.3 Å². The van der Waals surface area contributed by atoms with Gasteiger partial charge in [-0.2, -0.15) is 4.98 Å². The molecular weight excluding hydrogens is 248 g/mol. The molecule has 0 fully saturated rings. The van der Waals surface area contributed by atoms with Crippen LogP contribution in [-0.2, 0) is 0 Å². The van der Waals surface area contributed by atoms with Crippen LogP contribution in [0.25, 0.3) is 0 Å². The minimum absolute atomic E-state index is 0.481. The molecule has 0 saturated heterocycles. The average Bonchev–Trinajstić information content (AvgIpc) is 2.33. The van der Waals surface area contributed by atoms with Crippen LogP contribution in [0.3, 0.4) is 0 Å². The fourth-order valence-electron chi connectivity index (χ4n) is 2.14. The molecule has 1 aliphatic carbocycles. The highest BCUT2D eigenvalue weighted by Gasteiger charge is 2.20. The quantitative estimate of drug-likeness (QED) is 0.618. The van der Waals surface area contributed by atoms with Crippen LogP contribution in [0.4, 0.5) is 0 Å². The van der Waals surface area contributed by atoms with Gasteiger partial charge >= 0.3 is 0 Å². The lowest BCUT2D eigenvalue weighted by atomic mass is 9.85. The molecule has 1 aromatic heterocycles. The van der Waals surface area contributed by atoms with Crippen LogP contribution < -0.4 is 4.74 Å². The molecule has 1 aliphatic rings. The third kappa shape index (κ3) is 3.02. The SMILES string of the molecule is Cc1nc(Cl)c(C)c(OCC2CC=CCC2C)n1. The number of aromatic nitrogens is 2. The lowest BCUT2D eigenvalue weighted by Gasteiger charge is -2.25. The van der Waals surface area contributed by atoms with Crippen molar-refractivity contribution in [3.05, 3.63) is 28.7 Å². The maximum atomic E-state index is 6.03. The fourth-order valence-corrected chi connectivity index (χ4v) is 2.34. The monoisotopic (exact) mass is 266 g/mol. The van der Waals surface area contributed by atoms with E-state index < -0.39 is 0 Å². The van der Waals surface area contributed by atoms with E-state index in [-0.39, 0.29) is 0 Å². The molecule has 0 radical (unpaired) electrons. The Bertz CT molecular complexity index is 459. The molecule has 3 nitrogen and oxygen atoms in total. The van der Waals surface area contributed by atoms with Gasteiger partial charge in [-0.05, 0) is 38.5 Å². The van der Waals surface area contributed by atoms with Gasteiger partial charge in [0.05, 0.1) is 6.61 Å². The normalized spacial score (nSPS) is 23.1. The molecule has 2 unspecified atom stereocenters. The Morgan fingerprint density at radius 2 is 2.00 bits per heavy atom. The molecule has 0 aromatic carbocycles. The Labute approximate surface area is 113 Å². The van der Waals surface area contributed by atoms with Crippen molar-refractivity contribution in [1.82, 2.24) is 9.97 Å². The molecule has 0 bridgehead atoms. The Morgan fingerprint density at radius 3 is 2.72 bits per heavy atom. The average molecular weight is 267 g/mol. The molecule has 0 amide bonds. The highest BCUT2D eigenvalue weighted by molar-refractivity contribution is 6.30. The summed E-state index contributed by atoms with van der Waals surface area (Å²) in [6, 6.07) is 0. The summed E-state index contributed by atoms with van der Waals surface area (Å²) in [6.45, 7) is 6.67. The molecule has 0 aliphatic heterocycles. The van der Waals surface area contributed by atoms with Gasteiger partial charge in [-0.3, -0.25) is 0 Å². The van der Waals surface area contributed by atoms with Gasteiger partial charge in [0.2, 0.25) is 5.88 Å². The Kier molecular flexibility index (Phi) is 4.23. The van der Waals surface area contributed by atoms with E-state index in [1.165, 1.54) is 0 Å². The molecule has 0 saturated carbocycles. The van der Waals surface area contributed by atoms with Crippen LogP contribution in [0.5, 0.6) is 5.88 Å². The van der Waals surface area contributed by atoms with Crippen molar-refractivity contribution >= 4 is 11.6 Å². The van der Waals surface area contributed by atoms with E-state index in [2.05, 4.69) is 29.0 Å². The molecular formula is C14H19ClN2O. The number of hydrogen-bond donors (Lipinski definition) is 0. The van der Waals surface area contributed by atoms with E-state index in [0.29, 0.717) is 35.3 Å². The summed E-state index contributed by atoms with van der Waals surface area (Å²) >= 11 is 6.03. The number of aryl methyl sites for hydroxylation is 1. The van der Waals surface area contributed by atoms with Gasteiger partial charge in [0.1, 0.15) is 11.0 Å². The number of halogens is 1. The molecule has 0 spiro atoms. The molecule has 2 atom stereocenters. The summed E-state index contributed by atoms with van der Waals surface area (Å²) in [5, 5.41) is 0.481. The fraction of sp³-hybridized carbons (Fsp3) is 0.571. The van der Waals surface area contributed by atoms with E-state index in [1.54, 1.807) is 0 Å². The summed E-state index contributed by atoms with van der Waals surface area (Å²) < 4.78 is 5.84. The highest BCUT2D eigenvalue weighted by Crippen LogP contribution is 2.27. The van der Waals surface area contributed by atoms with Crippen molar-refractivity contribution in [3.63, 3.8) is 0 Å². The van der Waals surface area contributed by atoms with Crippen LogP contribution in [0, 0.1) is 25.7 Å². The molecule has 18 heavy (non-hydrogen) atoms. The van der Waals surface area contributed by atoms with Gasteiger partial charge in [-0.1, -0.05) is 30.7 Å². The second-order valence-electron chi connectivity index (χ2n) is 4.98. The zero-order valence-corrected chi connectivity index (χ0v) is 11.9. The first-order valence-corrected chi connectivity index (χ1v) is 6.74. The van der Waals surface area contributed by atoms with Crippen LogP contribution >= 0.6 is 11.6 Å². The van der Waals surface area contributed by atoms with Crippen molar-refractivity contribution < 1.29 is 4.74 Å². The van der Waals surface area contributed by atoms with Crippen LogP contribution in [-0.4, -0.2) is 16.6 Å². The predicted octanol–water partition coefficient (Wildman–Crippen LogP) is 3.73. The van der Waals surface area contributed by atoms with Crippen molar-refractivity contribution in [2.75, 3.05) is 6.61 Å². The van der Waals surface area contributed by atoms with Crippen molar-refractivity contribution in [3.8, 4) is 5.88 Å². The van der Waals surface area contributed by atoms with Crippen LogP contribution in [0.2, 0.25) is 5.15 Å². The first-order valence-electron chi connectivity index (χ1n) is 6.36. The first kappa shape index (κ1) is 13.3. The van der Waals surface area contributed by atoms with Crippen molar-refractivity contribution in [1.29, 1.82) is 0 Å². The number of allylic oxidation sites excluding steroid dienone is 2. The molecule has 4 heteroatoms. The van der Waals surface area contributed by atoms with Gasteiger partial charge in [0.15, 0.2) is 0 Å². The van der Waals surface area contributed by atoms with E-state index >= 15 is 0 Å². The summed E-state index contributed by atoms with van der Waals surface area (Å²) in [4.78, 5) is 8.41. The van der Waals surface area contributed by atoms with Gasteiger partial charge in [-0.15, -0.1) is 0 Å². The minimum atomic E-state index is 0.481. The second kappa shape index (κ2) is 5.70. The number of ether oxygens (including phenoxy) is 1. The van der Waals surface area contributed by atoms with Crippen molar-refractivity contribution in [2.24, 2.45) is 11.8 Å². The largest absolute Gasteiger partial charge is 0.477 e. The van der Waals surface area contributed by atoms with Crippen molar-refractivity contribution in [2.45, 2.75) is 33.6 Å². The number of rotatable bonds is 3. The molecule has 0 N–H and O–H groups in total. The standard InChI is InChI=1S/C14H19ClN2O/c1-9-6-4-5-7-12(9)8-18-14-10(2)13(15)16-11(3)17-14/h4-5,9,12H,6-8H2,1-3H3. The molecule has 2 rings (SSSR count). The summed E-state index contributed by atoms with van der Waals surface area (Å²) in [5.41, 5.74) is 0.821. The number of hydrogen-bond acceptors (Lipinski definition) is 3. The van der Waals surface area contributed by atoms with Gasteiger partial charge in [-0.25, -0.2) is 4.98 Å². The third-order valence-electron chi connectivity index (χ3n) is 3.51. The van der Waals surface area contributed by atoms with Gasteiger partial charge in [0.25, 0.3) is 0 Å².